The van der Waals surface area contributed by atoms with Crippen LogP contribution in [0.15, 0.2) is 71.3 Å². The molecule has 0 radical (unpaired) electrons. The van der Waals surface area contributed by atoms with Crippen molar-refractivity contribution in [2.24, 2.45) is 0 Å². The summed E-state index contributed by atoms with van der Waals surface area (Å²) in [5.41, 5.74) is 6.81. The summed E-state index contributed by atoms with van der Waals surface area (Å²) in [5, 5.41) is 0.350. The number of anilines is 2. The molecule has 2 nitrogen and oxygen atoms in total. The number of thioether (sulfide) groups is 1. The van der Waals surface area contributed by atoms with Crippen molar-refractivity contribution in [1.82, 2.24) is 0 Å². The van der Waals surface area contributed by atoms with Gasteiger partial charge in [0.15, 0.2) is 0 Å². The van der Waals surface area contributed by atoms with E-state index in [0.717, 1.165) is 13.0 Å². The second-order valence-electron chi connectivity index (χ2n) is 7.20. The summed E-state index contributed by atoms with van der Waals surface area (Å²) >= 11 is 1.96. The number of para-hydroxylation sites is 2. The van der Waals surface area contributed by atoms with Gasteiger partial charge in [0.1, 0.15) is 0 Å². The monoisotopic (exact) mass is 376 g/mol. The average molecular weight is 377 g/mol. The van der Waals surface area contributed by atoms with E-state index in [2.05, 4.69) is 91.4 Å². The van der Waals surface area contributed by atoms with Crippen LogP contribution in [0, 0.1) is 0 Å². The van der Waals surface area contributed by atoms with Gasteiger partial charge in [0.25, 0.3) is 0 Å². The molecule has 0 bridgehead atoms. The standard InChI is InChI=1S/C24H28N2S/c1-4-6-11-19-16-18(20-12-7-8-13-21(20)25(19)3)17-24-26(5-2)22-14-9-10-15-23(22)27-24/h7-10,12-17,24H,4-6,11H2,1-3H3. The Morgan fingerprint density at radius 3 is 2.52 bits per heavy atom. The first-order valence-corrected chi connectivity index (χ1v) is 10.9. The molecule has 4 rings (SSSR count). The number of allylic oxidation sites excluding steroid dienone is 3. The minimum absolute atomic E-state index is 0.350. The van der Waals surface area contributed by atoms with Gasteiger partial charge in [-0.25, -0.2) is 0 Å². The van der Waals surface area contributed by atoms with E-state index in [9.17, 15) is 0 Å². The number of fused-ring (bicyclic) bond motifs is 2. The van der Waals surface area contributed by atoms with Gasteiger partial charge in [-0.3, -0.25) is 0 Å². The maximum atomic E-state index is 2.51. The molecule has 0 saturated carbocycles. The maximum absolute atomic E-state index is 2.51. The number of likely N-dealkylation sites (N-methyl/N-ethyl adjacent to an activating group) is 1. The molecule has 0 amide bonds. The summed E-state index contributed by atoms with van der Waals surface area (Å²) < 4.78 is 0. The van der Waals surface area contributed by atoms with Crippen molar-refractivity contribution in [3.05, 3.63) is 71.9 Å². The van der Waals surface area contributed by atoms with Gasteiger partial charge in [0, 0.05) is 35.4 Å². The number of hydrogen-bond acceptors (Lipinski definition) is 3. The zero-order valence-electron chi connectivity index (χ0n) is 16.5. The minimum Gasteiger partial charge on any atom is -0.355 e. The Labute approximate surface area is 167 Å². The third-order valence-corrected chi connectivity index (χ3v) is 6.74. The highest BCUT2D eigenvalue weighted by molar-refractivity contribution is 8.00. The van der Waals surface area contributed by atoms with Gasteiger partial charge < -0.3 is 9.80 Å². The summed E-state index contributed by atoms with van der Waals surface area (Å²) in [7, 11) is 2.20. The predicted molar refractivity (Wildman–Crippen MR) is 120 cm³/mol. The molecule has 27 heavy (non-hydrogen) atoms. The Hall–Kier alpha value is -2.13. The van der Waals surface area contributed by atoms with Crippen molar-refractivity contribution >= 4 is 28.7 Å². The van der Waals surface area contributed by atoms with E-state index in [-0.39, 0.29) is 0 Å². The van der Waals surface area contributed by atoms with Crippen LogP contribution in [0.5, 0.6) is 0 Å². The number of unbranched alkanes of at least 4 members (excludes halogenated alkanes) is 1. The molecule has 2 heterocycles. The highest BCUT2D eigenvalue weighted by Gasteiger charge is 2.28. The second-order valence-corrected chi connectivity index (χ2v) is 8.36. The molecule has 0 saturated heterocycles. The Bertz CT molecular complexity index is 883. The summed E-state index contributed by atoms with van der Waals surface area (Å²) in [6, 6.07) is 17.6. The summed E-state index contributed by atoms with van der Waals surface area (Å²) in [6.07, 6.45) is 8.47. The maximum Gasteiger partial charge on any atom is 0.0991 e. The molecule has 2 aromatic carbocycles. The average Bonchev–Trinajstić information content (AvgIpc) is 3.06. The van der Waals surface area contributed by atoms with Crippen LogP contribution in [0.1, 0.15) is 38.7 Å². The Balaban J connectivity index is 1.73. The van der Waals surface area contributed by atoms with E-state index in [1.807, 2.05) is 11.8 Å². The molecule has 2 aliphatic rings. The number of rotatable bonds is 5. The lowest BCUT2D eigenvalue weighted by Gasteiger charge is -2.31. The van der Waals surface area contributed by atoms with E-state index in [1.165, 1.54) is 45.9 Å². The van der Waals surface area contributed by atoms with Crippen LogP contribution in [0.2, 0.25) is 0 Å². The molecular formula is C24H28N2S. The minimum atomic E-state index is 0.350. The smallest absolute Gasteiger partial charge is 0.0991 e. The van der Waals surface area contributed by atoms with Crippen molar-refractivity contribution in [2.45, 2.75) is 43.4 Å². The van der Waals surface area contributed by atoms with Crippen LogP contribution in [-0.2, 0) is 0 Å². The Kier molecular flexibility index (Phi) is 5.31. The summed E-state index contributed by atoms with van der Waals surface area (Å²) in [5.74, 6) is 0. The van der Waals surface area contributed by atoms with Gasteiger partial charge in [-0.2, -0.15) is 0 Å². The lowest BCUT2D eigenvalue weighted by Crippen LogP contribution is -2.28. The Morgan fingerprint density at radius 1 is 1.00 bits per heavy atom. The van der Waals surface area contributed by atoms with Crippen LogP contribution in [0.25, 0.3) is 5.57 Å². The quantitative estimate of drug-likeness (QED) is 0.584. The molecule has 1 atom stereocenters. The van der Waals surface area contributed by atoms with E-state index in [0.29, 0.717) is 5.37 Å². The van der Waals surface area contributed by atoms with Gasteiger partial charge in [0.2, 0.25) is 0 Å². The van der Waals surface area contributed by atoms with Gasteiger partial charge in [0.05, 0.1) is 11.1 Å². The van der Waals surface area contributed by atoms with Crippen molar-refractivity contribution < 1.29 is 0 Å². The van der Waals surface area contributed by atoms with Crippen LogP contribution in [0.3, 0.4) is 0 Å². The largest absolute Gasteiger partial charge is 0.355 e. The fraction of sp³-hybridized carbons (Fsp3) is 0.333. The first-order valence-electron chi connectivity index (χ1n) is 10.0. The molecule has 0 N–H and O–H groups in total. The van der Waals surface area contributed by atoms with Gasteiger partial charge in [-0.05, 0) is 55.7 Å². The van der Waals surface area contributed by atoms with Crippen LogP contribution in [0.4, 0.5) is 11.4 Å². The first-order chi connectivity index (χ1) is 13.2. The summed E-state index contributed by atoms with van der Waals surface area (Å²) in [6.45, 7) is 5.53. The van der Waals surface area contributed by atoms with Crippen molar-refractivity contribution in [3.63, 3.8) is 0 Å². The highest BCUT2D eigenvalue weighted by Crippen LogP contribution is 2.45. The molecular weight excluding hydrogens is 348 g/mol. The van der Waals surface area contributed by atoms with Crippen molar-refractivity contribution in [2.75, 3.05) is 23.4 Å². The molecule has 0 fully saturated rings. The zero-order chi connectivity index (χ0) is 18.8. The third kappa shape index (κ3) is 3.41. The lowest BCUT2D eigenvalue weighted by molar-refractivity contribution is 0.766. The topological polar surface area (TPSA) is 6.48 Å². The molecule has 2 aliphatic heterocycles. The van der Waals surface area contributed by atoms with E-state index < -0.39 is 0 Å². The van der Waals surface area contributed by atoms with Crippen LogP contribution >= 0.6 is 11.8 Å². The van der Waals surface area contributed by atoms with E-state index in [4.69, 9.17) is 0 Å². The van der Waals surface area contributed by atoms with Crippen LogP contribution in [-0.4, -0.2) is 19.0 Å². The molecule has 1 unspecified atom stereocenters. The number of nitrogens with zero attached hydrogens (tertiary/aromatic N) is 2. The molecule has 2 aromatic rings. The van der Waals surface area contributed by atoms with Crippen molar-refractivity contribution in [1.29, 1.82) is 0 Å². The number of hydrogen-bond donors (Lipinski definition) is 0. The fourth-order valence-electron chi connectivity index (χ4n) is 4.01. The molecule has 140 valence electrons. The normalized spacial score (nSPS) is 19.9. The number of benzene rings is 2. The molecule has 0 aromatic heterocycles. The van der Waals surface area contributed by atoms with Crippen LogP contribution < -0.4 is 9.80 Å². The predicted octanol–water partition coefficient (Wildman–Crippen LogP) is 6.55. The zero-order valence-corrected chi connectivity index (χ0v) is 17.3. The summed E-state index contributed by atoms with van der Waals surface area (Å²) in [4.78, 5) is 6.27. The SMILES string of the molecule is CCCCC1=CC(=CC2Sc3ccccc3N2CC)c2ccccc2N1C. The Morgan fingerprint density at radius 2 is 1.74 bits per heavy atom. The highest BCUT2D eigenvalue weighted by atomic mass is 32.2. The second kappa shape index (κ2) is 7.85. The van der Waals surface area contributed by atoms with Crippen molar-refractivity contribution in [3.8, 4) is 0 Å². The van der Waals surface area contributed by atoms with Gasteiger partial charge in [-0.1, -0.05) is 55.4 Å². The third-order valence-electron chi connectivity index (χ3n) is 5.51. The lowest BCUT2D eigenvalue weighted by atomic mass is 9.95. The molecule has 3 heteroatoms. The molecule has 0 spiro atoms. The van der Waals surface area contributed by atoms with Gasteiger partial charge >= 0.3 is 0 Å². The van der Waals surface area contributed by atoms with Gasteiger partial charge in [-0.15, -0.1) is 0 Å². The van der Waals surface area contributed by atoms with E-state index >= 15 is 0 Å². The fourth-order valence-corrected chi connectivity index (χ4v) is 5.34. The van der Waals surface area contributed by atoms with E-state index in [1.54, 1.807) is 0 Å². The first kappa shape index (κ1) is 18.2. The molecule has 0 aliphatic carbocycles.